The Kier molecular flexibility index (Phi) is 6.16. The van der Waals surface area contributed by atoms with Crippen LogP contribution in [0.4, 0.5) is 0 Å². The smallest absolute Gasteiger partial charge is 0.236 e. The SMILES string of the molecule is CCCc1ccc([C@@H](N[C@H](C)C(=O)NC)c2cccs2)cc1. The van der Waals surface area contributed by atoms with Crippen molar-refractivity contribution in [2.24, 2.45) is 0 Å². The van der Waals surface area contributed by atoms with Gasteiger partial charge in [-0.25, -0.2) is 0 Å². The van der Waals surface area contributed by atoms with E-state index in [0.29, 0.717) is 0 Å². The van der Waals surface area contributed by atoms with Gasteiger partial charge in [-0.15, -0.1) is 11.3 Å². The number of benzene rings is 1. The number of amides is 1. The lowest BCUT2D eigenvalue weighted by Crippen LogP contribution is -2.42. The maximum Gasteiger partial charge on any atom is 0.236 e. The van der Waals surface area contributed by atoms with Crippen molar-refractivity contribution < 1.29 is 4.79 Å². The van der Waals surface area contributed by atoms with Crippen molar-refractivity contribution in [1.82, 2.24) is 10.6 Å². The van der Waals surface area contributed by atoms with E-state index < -0.39 is 0 Å². The van der Waals surface area contributed by atoms with Crippen LogP contribution in [0.5, 0.6) is 0 Å². The third kappa shape index (κ3) is 4.18. The highest BCUT2D eigenvalue weighted by Crippen LogP contribution is 2.27. The van der Waals surface area contributed by atoms with E-state index in [0.717, 1.165) is 12.8 Å². The van der Waals surface area contributed by atoms with Crippen molar-refractivity contribution in [1.29, 1.82) is 0 Å². The second-order valence-electron chi connectivity index (χ2n) is 5.44. The van der Waals surface area contributed by atoms with E-state index in [4.69, 9.17) is 0 Å². The van der Waals surface area contributed by atoms with Gasteiger partial charge < -0.3 is 5.32 Å². The molecule has 0 aliphatic heterocycles. The van der Waals surface area contributed by atoms with Gasteiger partial charge in [-0.3, -0.25) is 10.1 Å². The summed E-state index contributed by atoms with van der Waals surface area (Å²) in [6, 6.07) is 12.7. The van der Waals surface area contributed by atoms with Crippen molar-refractivity contribution in [2.45, 2.75) is 38.8 Å². The predicted octanol–water partition coefficient (Wildman–Crippen LogP) is 3.51. The molecule has 1 aromatic carbocycles. The lowest BCUT2D eigenvalue weighted by Gasteiger charge is -2.22. The van der Waals surface area contributed by atoms with Crippen molar-refractivity contribution in [3.05, 3.63) is 57.8 Å². The van der Waals surface area contributed by atoms with Crippen LogP contribution in [0.15, 0.2) is 41.8 Å². The van der Waals surface area contributed by atoms with Gasteiger partial charge >= 0.3 is 0 Å². The molecule has 0 radical (unpaired) electrons. The first-order valence-electron chi connectivity index (χ1n) is 7.75. The fraction of sp³-hybridized carbons (Fsp3) is 0.389. The number of likely N-dealkylation sites (N-methyl/N-ethyl adjacent to an activating group) is 1. The van der Waals surface area contributed by atoms with Crippen molar-refractivity contribution in [3.63, 3.8) is 0 Å². The van der Waals surface area contributed by atoms with Crippen LogP contribution in [0.1, 0.15) is 42.3 Å². The van der Waals surface area contributed by atoms with Gasteiger partial charge in [0, 0.05) is 11.9 Å². The Morgan fingerprint density at radius 3 is 2.50 bits per heavy atom. The fourth-order valence-corrected chi connectivity index (χ4v) is 3.32. The van der Waals surface area contributed by atoms with Gasteiger partial charge in [0.25, 0.3) is 0 Å². The fourth-order valence-electron chi connectivity index (χ4n) is 2.51. The molecule has 0 fully saturated rings. The number of hydrogen-bond acceptors (Lipinski definition) is 3. The van der Waals surface area contributed by atoms with Gasteiger partial charge in [0.05, 0.1) is 12.1 Å². The molecule has 2 aromatic rings. The molecule has 2 atom stereocenters. The average Bonchev–Trinajstić information content (AvgIpc) is 3.07. The Labute approximate surface area is 136 Å². The monoisotopic (exact) mass is 316 g/mol. The second-order valence-corrected chi connectivity index (χ2v) is 6.42. The van der Waals surface area contributed by atoms with E-state index in [9.17, 15) is 4.79 Å². The summed E-state index contributed by atoms with van der Waals surface area (Å²) in [7, 11) is 1.67. The third-order valence-corrected chi connectivity index (χ3v) is 4.67. The molecule has 0 aliphatic carbocycles. The molecule has 1 aromatic heterocycles. The van der Waals surface area contributed by atoms with E-state index in [2.05, 4.69) is 53.3 Å². The van der Waals surface area contributed by atoms with E-state index in [1.165, 1.54) is 16.0 Å². The molecule has 118 valence electrons. The maximum atomic E-state index is 11.8. The first-order chi connectivity index (χ1) is 10.7. The molecule has 2 N–H and O–H groups in total. The normalized spacial score (nSPS) is 13.6. The van der Waals surface area contributed by atoms with Crippen LogP contribution in [0.3, 0.4) is 0 Å². The predicted molar refractivity (Wildman–Crippen MR) is 93.3 cm³/mol. The van der Waals surface area contributed by atoms with Crippen LogP contribution in [-0.2, 0) is 11.2 Å². The molecule has 0 unspecified atom stereocenters. The minimum absolute atomic E-state index is 0.00385. The first kappa shape index (κ1) is 16.7. The lowest BCUT2D eigenvalue weighted by molar-refractivity contribution is -0.122. The van der Waals surface area contributed by atoms with Crippen LogP contribution in [-0.4, -0.2) is 19.0 Å². The topological polar surface area (TPSA) is 41.1 Å². The van der Waals surface area contributed by atoms with Crippen LogP contribution < -0.4 is 10.6 Å². The minimum atomic E-state index is -0.243. The van der Waals surface area contributed by atoms with Crippen molar-refractivity contribution in [3.8, 4) is 0 Å². The van der Waals surface area contributed by atoms with Crippen LogP contribution in [0, 0.1) is 0 Å². The summed E-state index contributed by atoms with van der Waals surface area (Å²) >= 11 is 1.71. The van der Waals surface area contributed by atoms with Crippen molar-refractivity contribution >= 4 is 17.2 Å². The van der Waals surface area contributed by atoms with Crippen LogP contribution >= 0.6 is 11.3 Å². The summed E-state index contributed by atoms with van der Waals surface area (Å²) in [5.41, 5.74) is 2.55. The zero-order valence-corrected chi connectivity index (χ0v) is 14.2. The number of hydrogen-bond donors (Lipinski definition) is 2. The highest BCUT2D eigenvalue weighted by atomic mass is 32.1. The number of thiophene rings is 1. The molecule has 0 aliphatic rings. The number of nitrogens with one attached hydrogen (secondary N) is 2. The molecule has 0 spiro atoms. The standard InChI is InChI=1S/C18H24N2OS/c1-4-6-14-8-10-15(11-9-14)17(16-7-5-12-22-16)20-13(2)18(21)19-3/h5,7-13,17,20H,4,6H2,1-3H3,(H,19,21)/t13-,17-/m1/s1. The Balaban J connectivity index is 2.23. The second kappa shape index (κ2) is 8.11. The Bertz CT molecular complexity index is 578. The lowest BCUT2D eigenvalue weighted by atomic mass is 10.0. The number of carbonyl (C=O) groups excluding carboxylic acids is 1. The third-order valence-electron chi connectivity index (χ3n) is 3.74. The zero-order valence-electron chi connectivity index (χ0n) is 13.4. The van der Waals surface area contributed by atoms with E-state index >= 15 is 0 Å². The molecule has 0 bridgehead atoms. The zero-order chi connectivity index (χ0) is 15.9. The first-order valence-corrected chi connectivity index (χ1v) is 8.63. The van der Waals surface area contributed by atoms with E-state index in [-0.39, 0.29) is 18.0 Å². The Morgan fingerprint density at radius 1 is 1.23 bits per heavy atom. The van der Waals surface area contributed by atoms with Gasteiger partial charge in [-0.05, 0) is 35.9 Å². The molecule has 3 nitrogen and oxygen atoms in total. The minimum Gasteiger partial charge on any atom is -0.358 e. The number of carbonyl (C=O) groups is 1. The molecule has 4 heteroatoms. The largest absolute Gasteiger partial charge is 0.358 e. The summed E-state index contributed by atoms with van der Waals surface area (Å²) in [5.74, 6) is 0.00385. The Hall–Kier alpha value is -1.65. The summed E-state index contributed by atoms with van der Waals surface area (Å²) in [6.45, 7) is 4.08. The summed E-state index contributed by atoms with van der Waals surface area (Å²) in [6.07, 6.45) is 2.26. The maximum absolute atomic E-state index is 11.8. The molecule has 0 saturated heterocycles. The molecular weight excluding hydrogens is 292 g/mol. The highest BCUT2D eigenvalue weighted by Gasteiger charge is 2.20. The van der Waals surface area contributed by atoms with Gasteiger partial charge in [0.2, 0.25) is 5.91 Å². The molecular formula is C18H24N2OS. The van der Waals surface area contributed by atoms with Gasteiger partial charge in [-0.1, -0.05) is 43.7 Å². The van der Waals surface area contributed by atoms with E-state index in [1.807, 2.05) is 13.0 Å². The molecule has 1 heterocycles. The Morgan fingerprint density at radius 2 is 1.95 bits per heavy atom. The molecule has 22 heavy (non-hydrogen) atoms. The summed E-state index contributed by atoms with van der Waals surface area (Å²) in [5, 5.41) is 8.20. The number of aryl methyl sites for hydroxylation is 1. The highest BCUT2D eigenvalue weighted by molar-refractivity contribution is 7.10. The van der Waals surface area contributed by atoms with Crippen molar-refractivity contribution in [2.75, 3.05) is 7.05 Å². The van der Waals surface area contributed by atoms with Crippen LogP contribution in [0.2, 0.25) is 0 Å². The van der Waals surface area contributed by atoms with Gasteiger partial charge in [0.1, 0.15) is 0 Å². The quantitative estimate of drug-likeness (QED) is 0.820. The van der Waals surface area contributed by atoms with Gasteiger partial charge in [-0.2, -0.15) is 0 Å². The number of rotatable bonds is 7. The van der Waals surface area contributed by atoms with Gasteiger partial charge in [0.15, 0.2) is 0 Å². The molecule has 0 saturated carbocycles. The summed E-state index contributed by atoms with van der Waals surface area (Å²) in [4.78, 5) is 13.0. The average molecular weight is 316 g/mol. The van der Waals surface area contributed by atoms with E-state index in [1.54, 1.807) is 18.4 Å². The summed E-state index contributed by atoms with van der Waals surface area (Å²) < 4.78 is 0. The molecule has 2 rings (SSSR count). The molecule has 1 amide bonds. The van der Waals surface area contributed by atoms with Crippen LogP contribution in [0.25, 0.3) is 0 Å².